The second-order valence-electron chi connectivity index (χ2n) is 12.2. The highest BCUT2D eigenvalue weighted by molar-refractivity contribution is 5.38. The van der Waals surface area contributed by atoms with E-state index in [1.165, 1.54) is 44.5 Å². The van der Waals surface area contributed by atoms with Crippen molar-refractivity contribution < 1.29 is 0 Å². The van der Waals surface area contributed by atoms with Crippen molar-refractivity contribution in [3.63, 3.8) is 0 Å². The van der Waals surface area contributed by atoms with Gasteiger partial charge in [0.25, 0.3) is 0 Å². The van der Waals surface area contributed by atoms with E-state index < -0.39 is 0 Å². The van der Waals surface area contributed by atoms with Crippen molar-refractivity contribution in [1.29, 1.82) is 0 Å². The van der Waals surface area contributed by atoms with E-state index in [2.05, 4.69) is 122 Å². The summed E-state index contributed by atoms with van der Waals surface area (Å²) in [6.45, 7) is 24.1. The van der Waals surface area contributed by atoms with Gasteiger partial charge in [-0.15, -0.1) is 0 Å². The van der Waals surface area contributed by atoms with Crippen molar-refractivity contribution in [2.24, 2.45) is 0 Å². The van der Waals surface area contributed by atoms with Gasteiger partial charge in [-0.3, -0.25) is 14.7 Å². The van der Waals surface area contributed by atoms with Gasteiger partial charge in [0.1, 0.15) is 0 Å². The lowest BCUT2D eigenvalue weighted by molar-refractivity contribution is 0.209. The number of hydrogen-bond acceptors (Lipinski definition) is 4. The molecule has 1 saturated heterocycles. The van der Waals surface area contributed by atoms with Crippen LogP contribution in [0, 0.1) is 20.8 Å². The van der Waals surface area contributed by atoms with Crippen molar-refractivity contribution in [2.75, 3.05) is 39.3 Å². The molecule has 0 amide bonds. The van der Waals surface area contributed by atoms with Gasteiger partial charge in [-0.2, -0.15) is 0 Å². The van der Waals surface area contributed by atoms with Crippen LogP contribution in [0.2, 0.25) is 0 Å². The van der Waals surface area contributed by atoms with Gasteiger partial charge in [0.15, 0.2) is 0 Å². The molecule has 40 heavy (non-hydrogen) atoms. The third-order valence-electron chi connectivity index (χ3n) is 8.31. The average Bonchev–Trinajstić information content (AvgIpc) is 3.01. The minimum Gasteiger partial charge on any atom is -0.310 e. The summed E-state index contributed by atoms with van der Waals surface area (Å²) in [5.74, 6) is 0. The van der Waals surface area contributed by atoms with Gasteiger partial charge < -0.3 is 5.32 Å². The molecule has 0 radical (unpaired) electrons. The lowest BCUT2D eigenvalue weighted by Crippen LogP contribution is -2.35. The van der Waals surface area contributed by atoms with Gasteiger partial charge >= 0.3 is 0 Å². The van der Waals surface area contributed by atoms with Gasteiger partial charge in [0.2, 0.25) is 0 Å². The van der Waals surface area contributed by atoms with Crippen LogP contribution in [-0.4, -0.2) is 60.0 Å². The summed E-state index contributed by atoms with van der Waals surface area (Å²) in [7, 11) is 0. The average molecular weight is 541 g/mol. The predicted octanol–water partition coefficient (Wildman–Crippen LogP) is 6.49. The Morgan fingerprint density at radius 1 is 0.625 bits per heavy atom. The molecule has 216 valence electrons. The zero-order valence-electron chi connectivity index (χ0n) is 26.0. The van der Waals surface area contributed by atoms with E-state index in [4.69, 9.17) is 0 Å². The molecule has 3 aromatic carbocycles. The second kappa shape index (κ2) is 14.9. The first-order valence-electron chi connectivity index (χ1n) is 15.4. The molecule has 0 saturated carbocycles. The van der Waals surface area contributed by atoms with Crippen molar-refractivity contribution in [3.8, 4) is 0 Å². The van der Waals surface area contributed by atoms with Crippen LogP contribution in [0.15, 0.2) is 60.7 Å². The first-order chi connectivity index (χ1) is 19.3. The van der Waals surface area contributed by atoms with Gasteiger partial charge in [-0.25, -0.2) is 0 Å². The topological polar surface area (TPSA) is 21.8 Å². The molecule has 0 spiro atoms. The molecule has 0 aromatic heterocycles. The molecule has 0 bridgehead atoms. The van der Waals surface area contributed by atoms with Crippen molar-refractivity contribution in [1.82, 2.24) is 20.0 Å². The molecule has 4 nitrogen and oxygen atoms in total. The number of rotatable bonds is 10. The highest BCUT2D eigenvalue weighted by Crippen LogP contribution is 2.20. The monoisotopic (exact) mass is 540 g/mol. The Labute approximate surface area is 244 Å². The van der Waals surface area contributed by atoms with Crippen molar-refractivity contribution in [2.45, 2.75) is 80.2 Å². The number of hydrogen-bond donors (Lipinski definition) is 1. The molecule has 1 fully saturated rings. The van der Waals surface area contributed by atoms with Gasteiger partial charge in [-0.1, -0.05) is 92.6 Å². The molecule has 1 aliphatic rings. The van der Waals surface area contributed by atoms with E-state index >= 15 is 0 Å². The fraction of sp³-hybridized carbons (Fsp3) is 0.500. The summed E-state index contributed by atoms with van der Waals surface area (Å²) in [4.78, 5) is 8.05. The first-order valence-corrected chi connectivity index (χ1v) is 15.4. The van der Waals surface area contributed by atoms with Crippen LogP contribution in [0.4, 0.5) is 0 Å². The van der Waals surface area contributed by atoms with E-state index in [1.54, 1.807) is 0 Å². The fourth-order valence-electron chi connectivity index (χ4n) is 6.01. The Bertz CT molecular complexity index is 1200. The number of nitrogens with one attached hydrogen (secondary N) is 1. The maximum atomic E-state index is 3.59. The van der Waals surface area contributed by atoms with Crippen molar-refractivity contribution in [3.05, 3.63) is 105 Å². The Morgan fingerprint density at radius 2 is 1.15 bits per heavy atom. The third-order valence-corrected chi connectivity index (χ3v) is 8.31. The summed E-state index contributed by atoms with van der Waals surface area (Å²) >= 11 is 0. The molecule has 0 atom stereocenters. The summed E-state index contributed by atoms with van der Waals surface area (Å²) in [6, 6.07) is 23.4. The van der Waals surface area contributed by atoms with Crippen LogP contribution < -0.4 is 5.32 Å². The lowest BCUT2D eigenvalue weighted by atomic mass is 9.97. The zero-order chi connectivity index (χ0) is 28.5. The van der Waals surface area contributed by atoms with E-state index in [1.807, 2.05) is 0 Å². The zero-order valence-corrected chi connectivity index (χ0v) is 26.0. The quantitative estimate of drug-likeness (QED) is 0.317. The van der Waals surface area contributed by atoms with Crippen LogP contribution >= 0.6 is 0 Å². The van der Waals surface area contributed by atoms with E-state index in [9.17, 15) is 0 Å². The van der Waals surface area contributed by atoms with Crippen LogP contribution in [-0.2, 0) is 32.6 Å². The largest absolute Gasteiger partial charge is 0.310 e. The molecule has 4 heteroatoms. The summed E-state index contributed by atoms with van der Waals surface area (Å²) < 4.78 is 0. The molecule has 1 aliphatic heterocycles. The first kappa shape index (κ1) is 30.5. The molecule has 1 N–H and O–H groups in total. The van der Waals surface area contributed by atoms with Gasteiger partial charge in [0.05, 0.1) is 0 Å². The van der Waals surface area contributed by atoms with Crippen LogP contribution in [0.3, 0.4) is 0 Å². The third kappa shape index (κ3) is 9.27. The summed E-state index contributed by atoms with van der Waals surface area (Å²) in [6.07, 6.45) is 1.10. The molecule has 1 heterocycles. The van der Waals surface area contributed by atoms with E-state index in [0.29, 0.717) is 6.04 Å². The van der Waals surface area contributed by atoms with Crippen molar-refractivity contribution >= 4 is 0 Å². The number of benzene rings is 3. The second-order valence-corrected chi connectivity index (χ2v) is 12.2. The Hall–Kier alpha value is -2.50. The minimum absolute atomic E-state index is 0.495. The normalized spacial score (nSPS) is 16.2. The Morgan fingerprint density at radius 3 is 1.75 bits per heavy atom. The maximum Gasteiger partial charge on any atom is 0.0237 e. The predicted molar refractivity (Wildman–Crippen MR) is 171 cm³/mol. The van der Waals surface area contributed by atoms with Crippen LogP contribution in [0.25, 0.3) is 0 Å². The smallest absolute Gasteiger partial charge is 0.0237 e. The fourth-order valence-corrected chi connectivity index (χ4v) is 6.01. The maximum absolute atomic E-state index is 3.59. The molecule has 4 rings (SSSR count). The van der Waals surface area contributed by atoms with Gasteiger partial charge in [0, 0.05) is 71.5 Å². The molecule has 0 aliphatic carbocycles. The minimum atomic E-state index is 0.495. The number of nitrogens with zero attached hydrogens (tertiary/aromatic N) is 3. The van der Waals surface area contributed by atoms with E-state index in [-0.39, 0.29) is 0 Å². The van der Waals surface area contributed by atoms with Crippen LogP contribution in [0.1, 0.15) is 65.3 Å². The molecule has 3 aromatic rings. The van der Waals surface area contributed by atoms with Gasteiger partial charge in [-0.05, 0) is 60.6 Å². The SMILES string of the molecule is CCc1cc(C)cc(CN2CCN(Cc3ccccc3)CCN(Cc3cc(C)cc(CNC(C)C)c3)CC2)c1C. The number of aryl methyl sites for hydroxylation is 3. The Kier molecular flexibility index (Phi) is 11.4. The standard InChI is InChI=1S/C36H52N4/c1-7-35-21-30(5)22-36(31(35)6)27-40-17-15-38(25-32-11-9-8-10-12-32)13-14-39(16-18-40)26-34-20-29(4)19-33(23-34)24-37-28(2)3/h8-12,19-23,28,37H,7,13-18,24-27H2,1-6H3. The molecular weight excluding hydrogens is 488 g/mol. The highest BCUT2D eigenvalue weighted by Gasteiger charge is 2.19. The summed E-state index contributed by atoms with van der Waals surface area (Å²) in [5, 5.41) is 3.59. The molecule has 0 unspecified atom stereocenters. The Balaban J connectivity index is 1.52. The summed E-state index contributed by atoms with van der Waals surface area (Å²) in [5.41, 5.74) is 11.4. The van der Waals surface area contributed by atoms with E-state index in [0.717, 1.165) is 71.9 Å². The highest BCUT2D eigenvalue weighted by atomic mass is 15.3. The van der Waals surface area contributed by atoms with Crippen LogP contribution in [0.5, 0.6) is 0 Å². The lowest BCUT2D eigenvalue weighted by Gasteiger charge is -2.27. The molecular formula is C36H52N4.